The molecule has 4 rings (SSSR count). The van der Waals surface area contributed by atoms with Crippen molar-refractivity contribution in [1.82, 2.24) is 20.9 Å². The number of carbonyl (C=O) groups is 4. The summed E-state index contributed by atoms with van der Waals surface area (Å²) in [6.45, 7) is 1.05. The van der Waals surface area contributed by atoms with Crippen molar-refractivity contribution in [2.24, 2.45) is 0 Å². The van der Waals surface area contributed by atoms with Crippen LogP contribution >= 0.6 is 0 Å². The lowest BCUT2D eigenvalue weighted by molar-refractivity contribution is -0.149. The molecule has 9 nitrogen and oxygen atoms in total. The highest BCUT2D eigenvalue weighted by atomic mass is 19.1. The van der Waals surface area contributed by atoms with E-state index in [1.807, 2.05) is 30.3 Å². The Balaban J connectivity index is 1.49. The van der Waals surface area contributed by atoms with E-state index < -0.39 is 41.7 Å². The van der Waals surface area contributed by atoms with Crippen LogP contribution in [-0.2, 0) is 32.0 Å². The van der Waals surface area contributed by atoms with Crippen LogP contribution < -0.4 is 16.0 Å². The van der Waals surface area contributed by atoms with Crippen molar-refractivity contribution in [3.05, 3.63) is 71.5 Å². The smallest absolute Gasteiger partial charge is 0.326 e. The first-order valence-electron chi connectivity index (χ1n) is 13.4. The summed E-state index contributed by atoms with van der Waals surface area (Å²) < 4.78 is 13.5. The van der Waals surface area contributed by atoms with Gasteiger partial charge < -0.3 is 26.0 Å². The molecule has 0 spiro atoms. The van der Waals surface area contributed by atoms with Crippen LogP contribution in [-0.4, -0.2) is 71.0 Å². The quantitative estimate of drug-likeness (QED) is 0.346. The first-order valence-corrected chi connectivity index (χ1v) is 13.4. The molecule has 2 aliphatic heterocycles. The molecule has 39 heavy (non-hydrogen) atoms. The molecular weight excluding hydrogens is 503 g/mol. The van der Waals surface area contributed by atoms with Gasteiger partial charge in [0.05, 0.1) is 6.04 Å². The predicted octanol–water partition coefficient (Wildman–Crippen LogP) is 1.80. The molecule has 2 heterocycles. The van der Waals surface area contributed by atoms with E-state index in [1.165, 1.54) is 29.2 Å². The molecule has 0 aromatic heterocycles. The van der Waals surface area contributed by atoms with E-state index in [4.69, 9.17) is 0 Å². The van der Waals surface area contributed by atoms with Gasteiger partial charge in [-0.15, -0.1) is 0 Å². The van der Waals surface area contributed by atoms with Crippen molar-refractivity contribution in [1.29, 1.82) is 0 Å². The van der Waals surface area contributed by atoms with Crippen LogP contribution in [0.3, 0.4) is 0 Å². The summed E-state index contributed by atoms with van der Waals surface area (Å²) in [4.78, 5) is 52.7. The van der Waals surface area contributed by atoms with Crippen LogP contribution in [0.15, 0.2) is 54.6 Å². The molecule has 2 aromatic carbocycles. The van der Waals surface area contributed by atoms with Gasteiger partial charge in [0, 0.05) is 25.4 Å². The highest BCUT2D eigenvalue weighted by Gasteiger charge is 2.38. The molecule has 2 fully saturated rings. The summed E-state index contributed by atoms with van der Waals surface area (Å²) in [7, 11) is 0. The number of hydrogen-bond acceptors (Lipinski definition) is 5. The number of aliphatic carboxylic acids is 1. The molecule has 208 valence electrons. The summed E-state index contributed by atoms with van der Waals surface area (Å²) in [5.74, 6) is -2.61. The topological polar surface area (TPSA) is 128 Å². The van der Waals surface area contributed by atoms with E-state index in [-0.39, 0.29) is 31.3 Å². The summed E-state index contributed by atoms with van der Waals surface area (Å²) in [6.07, 6.45) is 2.97. The van der Waals surface area contributed by atoms with Gasteiger partial charge in [-0.25, -0.2) is 9.18 Å². The number of nitrogens with one attached hydrogen (secondary N) is 3. The second-order valence-electron chi connectivity index (χ2n) is 10.2. The minimum absolute atomic E-state index is 0.0666. The van der Waals surface area contributed by atoms with Crippen LogP contribution in [0.25, 0.3) is 0 Å². The highest BCUT2D eigenvalue weighted by molar-refractivity contribution is 5.91. The average Bonchev–Trinajstić information content (AvgIpc) is 3.63. The van der Waals surface area contributed by atoms with Gasteiger partial charge in [-0.3, -0.25) is 14.4 Å². The molecule has 2 aliphatic rings. The first kappa shape index (κ1) is 28.2. The Labute approximate surface area is 227 Å². The number of halogens is 1. The van der Waals surface area contributed by atoms with Gasteiger partial charge in [0.1, 0.15) is 17.9 Å². The maximum Gasteiger partial charge on any atom is 0.326 e. The molecule has 10 heteroatoms. The van der Waals surface area contributed by atoms with Gasteiger partial charge in [-0.2, -0.15) is 0 Å². The monoisotopic (exact) mass is 538 g/mol. The predicted molar refractivity (Wildman–Crippen MR) is 142 cm³/mol. The lowest BCUT2D eigenvalue weighted by Crippen LogP contribution is -2.54. The Hall–Kier alpha value is -3.79. The summed E-state index contributed by atoms with van der Waals surface area (Å²) in [5, 5.41) is 18.5. The Bertz CT molecular complexity index is 1150. The number of nitrogens with zero attached hydrogens (tertiary/aromatic N) is 1. The van der Waals surface area contributed by atoms with Crippen LogP contribution in [0, 0.1) is 5.82 Å². The Morgan fingerprint density at radius 1 is 0.949 bits per heavy atom. The fourth-order valence-corrected chi connectivity index (χ4v) is 5.30. The third-order valence-corrected chi connectivity index (χ3v) is 7.29. The number of benzene rings is 2. The van der Waals surface area contributed by atoms with Crippen molar-refractivity contribution in [3.63, 3.8) is 0 Å². The second kappa shape index (κ2) is 13.3. The average molecular weight is 539 g/mol. The van der Waals surface area contributed by atoms with E-state index in [9.17, 15) is 28.7 Å². The van der Waals surface area contributed by atoms with Crippen molar-refractivity contribution in [3.8, 4) is 0 Å². The minimum Gasteiger partial charge on any atom is -0.480 e. The van der Waals surface area contributed by atoms with Gasteiger partial charge in [-0.05, 0) is 61.9 Å². The summed E-state index contributed by atoms with van der Waals surface area (Å²) in [6, 6.07) is 12.3. The standard InChI is InChI=1S/C29H35FN4O5/c30-21-12-10-20(11-13-21)17-24(28(37)34-15-5-9-25(34)29(38)39)33-26(35)18-22(16-19-6-2-1-3-7-19)32-27(36)23-8-4-14-31-23/h1-3,6-7,10-13,22-25,31H,4-5,8-9,14-18H2,(H,32,36)(H,33,35)(H,38,39). The zero-order chi connectivity index (χ0) is 27.8. The maximum atomic E-state index is 13.5. The van der Waals surface area contributed by atoms with Gasteiger partial charge in [0.2, 0.25) is 17.7 Å². The van der Waals surface area contributed by atoms with E-state index in [0.29, 0.717) is 24.8 Å². The normalized spacial score (nSPS) is 20.3. The number of hydrogen-bond donors (Lipinski definition) is 4. The molecule has 3 amide bonds. The second-order valence-corrected chi connectivity index (χ2v) is 10.2. The molecule has 0 aliphatic carbocycles. The van der Waals surface area contributed by atoms with E-state index >= 15 is 0 Å². The Morgan fingerprint density at radius 2 is 1.67 bits per heavy atom. The third kappa shape index (κ3) is 7.86. The lowest BCUT2D eigenvalue weighted by Gasteiger charge is -2.28. The molecular formula is C29H35FN4O5. The zero-order valence-corrected chi connectivity index (χ0v) is 21.8. The highest BCUT2D eigenvalue weighted by Crippen LogP contribution is 2.20. The molecule has 0 saturated carbocycles. The SMILES string of the molecule is O=C(CC(Cc1ccccc1)NC(=O)C1CCCN1)NC(Cc1ccc(F)cc1)C(=O)N1CCCC1C(=O)O. The maximum absolute atomic E-state index is 13.5. The van der Waals surface area contributed by atoms with Gasteiger partial charge in [0.25, 0.3) is 0 Å². The van der Waals surface area contributed by atoms with Crippen LogP contribution in [0.2, 0.25) is 0 Å². The van der Waals surface area contributed by atoms with Crippen molar-refractivity contribution < 1.29 is 28.7 Å². The molecule has 4 unspecified atom stereocenters. The number of rotatable bonds is 11. The van der Waals surface area contributed by atoms with Crippen molar-refractivity contribution in [2.75, 3.05) is 13.1 Å². The largest absolute Gasteiger partial charge is 0.480 e. The lowest BCUT2D eigenvalue weighted by atomic mass is 10.0. The molecule has 0 bridgehead atoms. The van der Waals surface area contributed by atoms with Crippen LogP contribution in [0.5, 0.6) is 0 Å². The van der Waals surface area contributed by atoms with E-state index in [0.717, 1.165) is 24.9 Å². The van der Waals surface area contributed by atoms with Gasteiger partial charge >= 0.3 is 5.97 Å². The Morgan fingerprint density at radius 3 is 2.33 bits per heavy atom. The number of amides is 3. The van der Waals surface area contributed by atoms with Crippen molar-refractivity contribution >= 4 is 23.7 Å². The van der Waals surface area contributed by atoms with Crippen molar-refractivity contribution in [2.45, 2.75) is 69.1 Å². The number of likely N-dealkylation sites (tertiary alicyclic amines) is 1. The van der Waals surface area contributed by atoms with Crippen LogP contribution in [0.4, 0.5) is 4.39 Å². The molecule has 0 radical (unpaired) electrons. The molecule has 4 atom stereocenters. The fraction of sp³-hybridized carbons (Fsp3) is 0.448. The molecule has 4 N–H and O–H groups in total. The number of carboxylic acids is 1. The van der Waals surface area contributed by atoms with E-state index in [1.54, 1.807) is 0 Å². The fourth-order valence-electron chi connectivity index (χ4n) is 5.30. The first-order chi connectivity index (χ1) is 18.8. The van der Waals surface area contributed by atoms with Crippen LogP contribution in [0.1, 0.15) is 43.2 Å². The summed E-state index contributed by atoms with van der Waals surface area (Å²) >= 11 is 0. The minimum atomic E-state index is -1.08. The number of carbonyl (C=O) groups excluding carboxylic acids is 3. The third-order valence-electron chi connectivity index (χ3n) is 7.29. The molecule has 2 aromatic rings. The van der Waals surface area contributed by atoms with Gasteiger partial charge in [-0.1, -0.05) is 42.5 Å². The Kier molecular flexibility index (Phi) is 9.64. The zero-order valence-electron chi connectivity index (χ0n) is 21.8. The van der Waals surface area contributed by atoms with Gasteiger partial charge in [0.15, 0.2) is 0 Å². The molecule has 2 saturated heterocycles. The summed E-state index contributed by atoms with van der Waals surface area (Å²) in [5.41, 5.74) is 1.58. The number of carboxylic acid groups (broad SMARTS) is 1. The van der Waals surface area contributed by atoms with E-state index in [2.05, 4.69) is 16.0 Å².